The molecule has 0 amide bonds. The monoisotopic (exact) mass is 213 g/mol. The summed E-state index contributed by atoms with van der Waals surface area (Å²) in [4.78, 5) is 0. The molecule has 1 aromatic carbocycles. The molecule has 0 aliphatic carbocycles. The van der Waals surface area contributed by atoms with Crippen molar-refractivity contribution in [1.29, 1.82) is 0 Å². The van der Waals surface area contributed by atoms with Crippen LogP contribution in [-0.2, 0) is 0 Å². The minimum absolute atomic E-state index is 0.479. The van der Waals surface area contributed by atoms with Gasteiger partial charge in [0.25, 0.3) is 0 Å². The lowest BCUT2D eigenvalue weighted by atomic mass is 10.2. The SMILES string of the molecule is C=c1c2cccc(N)c2c(=C)n1C1CNC1. The molecular formula is C13H15N3. The van der Waals surface area contributed by atoms with E-state index in [1.54, 1.807) is 0 Å². The number of nitrogens with one attached hydrogen (secondary N) is 1. The van der Waals surface area contributed by atoms with E-state index >= 15 is 0 Å². The Morgan fingerprint density at radius 3 is 2.56 bits per heavy atom. The molecule has 0 saturated carbocycles. The van der Waals surface area contributed by atoms with E-state index in [2.05, 4.69) is 29.1 Å². The van der Waals surface area contributed by atoms with Crippen LogP contribution in [0.4, 0.5) is 5.69 Å². The van der Waals surface area contributed by atoms with Gasteiger partial charge in [0.1, 0.15) is 0 Å². The molecule has 0 unspecified atom stereocenters. The van der Waals surface area contributed by atoms with Gasteiger partial charge in [-0.15, -0.1) is 0 Å². The van der Waals surface area contributed by atoms with Gasteiger partial charge in [0, 0.05) is 40.2 Å². The van der Waals surface area contributed by atoms with Gasteiger partial charge in [-0.05, 0) is 6.07 Å². The molecule has 0 bridgehead atoms. The number of aromatic nitrogens is 1. The van der Waals surface area contributed by atoms with E-state index in [4.69, 9.17) is 5.73 Å². The van der Waals surface area contributed by atoms with Crippen LogP contribution in [0, 0.1) is 0 Å². The van der Waals surface area contributed by atoms with E-state index in [1.165, 1.54) is 0 Å². The van der Waals surface area contributed by atoms with Gasteiger partial charge >= 0.3 is 0 Å². The Labute approximate surface area is 93.9 Å². The fraction of sp³-hybridized carbons (Fsp3) is 0.231. The van der Waals surface area contributed by atoms with Gasteiger partial charge in [-0.1, -0.05) is 25.3 Å². The molecule has 0 atom stereocenters. The van der Waals surface area contributed by atoms with E-state index < -0.39 is 0 Å². The van der Waals surface area contributed by atoms with Gasteiger partial charge in [0.2, 0.25) is 0 Å². The Balaban J connectivity index is 2.42. The molecule has 1 aliphatic rings. The van der Waals surface area contributed by atoms with Crippen molar-refractivity contribution in [2.45, 2.75) is 6.04 Å². The van der Waals surface area contributed by atoms with Gasteiger partial charge < -0.3 is 15.6 Å². The lowest BCUT2D eigenvalue weighted by Crippen LogP contribution is -2.49. The standard InChI is InChI=1S/C13H15N3/c1-8-11-4-3-5-12(14)13(11)9(2)16(8)10-6-15-7-10/h3-5,10,15H,1-2,6-7,14H2. The van der Waals surface area contributed by atoms with Crippen molar-refractivity contribution >= 4 is 29.6 Å². The minimum atomic E-state index is 0.479. The molecular weight excluding hydrogens is 198 g/mol. The van der Waals surface area contributed by atoms with Gasteiger partial charge in [-0.3, -0.25) is 0 Å². The Morgan fingerprint density at radius 1 is 1.25 bits per heavy atom. The van der Waals surface area contributed by atoms with E-state index in [9.17, 15) is 0 Å². The summed E-state index contributed by atoms with van der Waals surface area (Å²) in [6, 6.07) is 6.42. The maximum absolute atomic E-state index is 6.00. The van der Waals surface area contributed by atoms with Crippen molar-refractivity contribution < 1.29 is 0 Å². The second-order valence-electron chi connectivity index (χ2n) is 4.35. The summed E-state index contributed by atoms with van der Waals surface area (Å²) in [7, 11) is 0. The summed E-state index contributed by atoms with van der Waals surface area (Å²) >= 11 is 0. The molecule has 3 rings (SSSR count). The van der Waals surface area contributed by atoms with Crippen LogP contribution in [0.2, 0.25) is 0 Å². The molecule has 1 aliphatic heterocycles. The van der Waals surface area contributed by atoms with E-state index in [0.717, 1.165) is 40.2 Å². The molecule has 3 heteroatoms. The third-order valence-corrected chi connectivity index (χ3v) is 3.40. The summed E-state index contributed by atoms with van der Waals surface area (Å²) in [6.45, 7) is 10.3. The zero-order valence-corrected chi connectivity index (χ0v) is 9.16. The zero-order valence-electron chi connectivity index (χ0n) is 9.16. The number of anilines is 1. The van der Waals surface area contributed by atoms with Crippen LogP contribution < -0.4 is 21.7 Å². The van der Waals surface area contributed by atoms with Crippen LogP contribution in [-0.4, -0.2) is 17.7 Å². The molecule has 1 aromatic heterocycles. The quantitative estimate of drug-likeness (QED) is 0.664. The van der Waals surface area contributed by atoms with E-state index in [1.807, 2.05) is 12.1 Å². The summed E-state index contributed by atoms with van der Waals surface area (Å²) in [5.74, 6) is 0. The highest BCUT2D eigenvalue weighted by atomic mass is 15.1. The van der Waals surface area contributed by atoms with Gasteiger partial charge in [0.15, 0.2) is 0 Å². The number of hydrogen-bond donors (Lipinski definition) is 2. The van der Waals surface area contributed by atoms with Crippen molar-refractivity contribution in [3.8, 4) is 0 Å². The number of nitrogens with two attached hydrogens (primary N) is 1. The fourth-order valence-electron chi connectivity index (χ4n) is 2.44. The van der Waals surface area contributed by atoms with Crippen LogP contribution in [0.3, 0.4) is 0 Å². The first-order valence-electron chi connectivity index (χ1n) is 5.47. The second-order valence-corrected chi connectivity index (χ2v) is 4.35. The molecule has 0 spiro atoms. The maximum atomic E-state index is 6.00. The molecule has 0 radical (unpaired) electrons. The third-order valence-electron chi connectivity index (χ3n) is 3.40. The predicted octanol–water partition coefficient (Wildman–Crippen LogP) is 0.188. The fourth-order valence-corrected chi connectivity index (χ4v) is 2.44. The molecule has 1 saturated heterocycles. The second kappa shape index (κ2) is 3.12. The first kappa shape index (κ1) is 9.48. The lowest BCUT2D eigenvalue weighted by molar-refractivity contribution is 0.335. The lowest BCUT2D eigenvalue weighted by Gasteiger charge is -2.29. The number of nitrogens with zero attached hydrogens (tertiary/aromatic N) is 1. The topological polar surface area (TPSA) is 43.0 Å². The van der Waals surface area contributed by atoms with E-state index in [0.29, 0.717) is 6.04 Å². The number of nitrogen functional groups attached to an aromatic ring is 1. The first-order valence-corrected chi connectivity index (χ1v) is 5.47. The van der Waals surface area contributed by atoms with Crippen LogP contribution in [0.25, 0.3) is 23.9 Å². The minimum Gasteiger partial charge on any atom is -0.398 e. The summed E-state index contributed by atoms with van der Waals surface area (Å²) in [5, 5.41) is 7.46. The predicted molar refractivity (Wildman–Crippen MR) is 68.6 cm³/mol. The maximum Gasteiger partial charge on any atom is 0.0591 e. The summed E-state index contributed by atoms with van der Waals surface area (Å²) in [5.41, 5.74) is 6.79. The zero-order chi connectivity index (χ0) is 11.3. The highest BCUT2D eigenvalue weighted by Crippen LogP contribution is 2.16. The molecule has 1 fully saturated rings. The number of fused-ring (bicyclic) bond motifs is 1. The van der Waals surface area contributed by atoms with Crippen LogP contribution in [0.1, 0.15) is 6.04 Å². The molecule has 16 heavy (non-hydrogen) atoms. The van der Waals surface area contributed by atoms with Crippen LogP contribution in [0.15, 0.2) is 18.2 Å². The summed E-state index contributed by atoms with van der Waals surface area (Å²) < 4.78 is 2.21. The van der Waals surface area contributed by atoms with Crippen molar-refractivity contribution in [3.63, 3.8) is 0 Å². The molecule has 3 N–H and O–H groups in total. The molecule has 2 heterocycles. The van der Waals surface area contributed by atoms with Gasteiger partial charge in [-0.2, -0.15) is 0 Å². The number of hydrogen-bond acceptors (Lipinski definition) is 2. The van der Waals surface area contributed by atoms with Crippen molar-refractivity contribution in [1.82, 2.24) is 9.88 Å². The Hall–Kier alpha value is -1.74. The van der Waals surface area contributed by atoms with E-state index in [-0.39, 0.29) is 0 Å². The number of benzene rings is 1. The first-order chi connectivity index (χ1) is 7.70. The molecule has 3 nitrogen and oxygen atoms in total. The average Bonchev–Trinajstić information content (AvgIpc) is 2.42. The normalized spacial score (nSPS) is 16.5. The Kier molecular flexibility index (Phi) is 1.85. The van der Waals surface area contributed by atoms with Crippen molar-refractivity contribution in [2.24, 2.45) is 0 Å². The molecule has 82 valence electrons. The van der Waals surface area contributed by atoms with Crippen molar-refractivity contribution in [3.05, 3.63) is 28.9 Å². The third kappa shape index (κ3) is 1.06. The van der Waals surface area contributed by atoms with Crippen LogP contribution >= 0.6 is 0 Å². The Morgan fingerprint density at radius 2 is 2.00 bits per heavy atom. The average molecular weight is 213 g/mol. The Bertz CT molecular complexity index is 650. The van der Waals surface area contributed by atoms with Gasteiger partial charge in [0.05, 0.1) is 6.04 Å². The summed E-state index contributed by atoms with van der Waals surface area (Å²) in [6.07, 6.45) is 0. The highest BCUT2D eigenvalue weighted by Gasteiger charge is 2.21. The highest BCUT2D eigenvalue weighted by molar-refractivity contribution is 5.93. The van der Waals surface area contributed by atoms with Crippen LogP contribution in [0.5, 0.6) is 0 Å². The molecule has 2 aromatic rings. The van der Waals surface area contributed by atoms with Crippen molar-refractivity contribution in [2.75, 3.05) is 18.8 Å². The van der Waals surface area contributed by atoms with Gasteiger partial charge in [-0.25, -0.2) is 0 Å². The smallest absolute Gasteiger partial charge is 0.0591 e. The largest absolute Gasteiger partial charge is 0.398 e. The number of rotatable bonds is 1.